The molecule has 2 aromatic carbocycles. The molecule has 4 rings (SSSR count). The van der Waals surface area contributed by atoms with Crippen LogP contribution in [0.15, 0.2) is 63.9 Å². The number of carbonyl (C=O) groups excluding carboxylic acids is 1. The van der Waals surface area contributed by atoms with Crippen LogP contribution in [0.2, 0.25) is 0 Å². The smallest absolute Gasteiger partial charge is 0.276 e. The highest BCUT2D eigenvalue weighted by Gasteiger charge is 2.18. The van der Waals surface area contributed by atoms with Gasteiger partial charge in [-0.1, -0.05) is 41.6 Å². The van der Waals surface area contributed by atoms with Gasteiger partial charge in [0.1, 0.15) is 4.70 Å². The van der Waals surface area contributed by atoms with Crippen LogP contribution in [0.5, 0.6) is 0 Å². The van der Waals surface area contributed by atoms with Gasteiger partial charge in [0.2, 0.25) is 5.91 Å². The summed E-state index contributed by atoms with van der Waals surface area (Å²) in [5, 5.41) is 2.39. The van der Waals surface area contributed by atoms with Crippen LogP contribution < -0.4 is 10.5 Å². The summed E-state index contributed by atoms with van der Waals surface area (Å²) in [5.41, 5.74) is 5.41. The molecule has 0 spiro atoms. The van der Waals surface area contributed by atoms with Crippen molar-refractivity contribution in [3.63, 3.8) is 0 Å². The molecule has 0 saturated carbocycles. The molecule has 4 aromatic rings. The van der Waals surface area contributed by atoms with Crippen molar-refractivity contribution >= 4 is 44.9 Å². The quantitative estimate of drug-likeness (QED) is 0.313. The highest BCUT2D eigenvalue weighted by molar-refractivity contribution is 7.99. The van der Waals surface area contributed by atoms with Crippen LogP contribution >= 0.6 is 23.1 Å². The number of benzene rings is 2. The van der Waals surface area contributed by atoms with Crippen LogP contribution in [0, 0.1) is 20.8 Å². The molecular weight excluding hydrogens is 426 g/mol. The summed E-state index contributed by atoms with van der Waals surface area (Å²) in [6, 6.07) is 15.6. The third-order valence-corrected chi connectivity index (χ3v) is 6.95. The van der Waals surface area contributed by atoms with Crippen molar-refractivity contribution < 1.29 is 4.79 Å². The number of fused-ring (bicyclic) bond motifs is 1. The Morgan fingerprint density at radius 1 is 1.10 bits per heavy atom. The SMILES string of the molecule is Cc1cccc(N(C)C(=O)CSc2nc3ccsc3c(=O)n2-c2ccc(C)cc2C)c1. The number of aryl methyl sites for hydroxylation is 3. The number of anilines is 1. The molecule has 158 valence electrons. The molecule has 0 saturated heterocycles. The number of hydrogen-bond acceptors (Lipinski definition) is 5. The topological polar surface area (TPSA) is 55.2 Å². The standard InChI is InChI=1S/C24H23N3O2S2/c1-15-6-5-7-18(13-15)26(4)21(28)14-31-24-25-19-10-11-30-22(19)23(29)27(24)20-9-8-16(2)12-17(20)3/h5-13H,14H2,1-4H3. The van der Waals surface area contributed by atoms with Crippen molar-refractivity contribution in [3.8, 4) is 5.69 Å². The van der Waals surface area contributed by atoms with Gasteiger partial charge in [0.05, 0.1) is 17.0 Å². The van der Waals surface area contributed by atoms with Crippen molar-refractivity contribution in [2.24, 2.45) is 0 Å². The Morgan fingerprint density at radius 3 is 2.61 bits per heavy atom. The zero-order chi connectivity index (χ0) is 22.1. The number of thioether (sulfide) groups is 1. The monoisotopic (exact) mass is 449 g/mol. The molecule has 0 aliphatic rings. The van der Waals surface area contributed by atoms with Gasteiger partial charge in [0, 0.05) is 12.7 Å². The molecule has 31 heavy (non-hydrogen) atoms. The molecule has 7 heteroatoms. The van der Waals surface area contributed by atoms with Gasteiger partial charge >= 0.3 is 0 Å². The van der Waals surface area contributed by atoms with E-state index in [4.69, 9.17) is 4.98 Å². The summed E-state index contributed by atoms with van der Waals surface area (Å²) in [5.74, 6) is 0.125. The normalized spacial score (nSPS) is 11.1. The zero-order valence-electron chi connectivity index (χ0n) is 17.9. The second kappa shape index (κ2) is 8.69. The first kappa shape index (κ1) is 21.3. The predicted molar refractivity (Wildman–Crippen MR) is 130 cm³/mol. The molecule has 0 unspecified atom stereocenters. The van der Waals surface area contributed by atoms with Gasteiger partial charge in [-0.05, 0) is 61.5 Å². The highest BCUT2D eigenvalue weighted by atomic mass is 32.2. The molecule has 0 N–H and O–H groups in total. The summed E-state index contributed by atoms with van der Waals surface area (Å²) in [4.78, 5) is 32.5. The van der Waals surface area contributed by atoms with Gasteiger partial charge in [0.15, 0.2) is 5.16 Å². The first-order valence-electron chi connectivity index (χ1n) is 9.89. The van der Waals surface area contributed by atoms with Crippen molar-refractivity contribution in [1.82, 2.24) is 9.55 Å². The van der Waals surface area contributed by atoms with Gasteiger partial charge in [-0.25, -0.2) is 4.98 Å². The Labute approximate surface area is 189 Å². The number of rotatable bonds is 5. The van der Waals surface area contributed by atoms with Gasteiger partial charge in [-0.3, -0.25) is 14.2 Å². The van der Waals surface area contributed by atoms with E-state index in [1.165, 1.54) is 23.1 Å². The average molecular weight is 450 g/mol. The van der Waals surface area contributed by atoms with E-state index in [0.717, 1.165) is 28.1 Å². The largest absolute Gasteiger partial charge is 0.315 e. The minimum absolute atomic E-state index is 0.0533. The first-order valence-corrected chi connectivity index (χ1v) is 11.8. The minimum atomic E-state index is -0.103. The fraction of sp³-hybridized carbons (Fsp3) is 0.208. The van der Waals surface area contributed by atoms with Gasteiger partial charge < -0.3 is 4.90 Å². The van der Waals surface area contributed by atoms with Crippen LogP contribution in [-0.4, -0.2) is 28.3 Å². The molecular formula is C24H23N3O2S2. The van der Waals surface area contributed by atoms with Crippen LogP contribution in [0.4, 0.5) is 5.69 Å². The first-order chi connectivity index (χ1) is 14.8. The molecule has 0 fully saturated rings. The zero-order valence-corrected chi connectivity index (χ0v) is 19.5. The number of carbonyl (C=O) groups is 1. The Hall–Kier alpha value is -2.90. The second-order valence-electron chi connectivity index (χ2n) is 7.54. The number of amides is 1. The summed E-state index contributed by atoms with van der Waals surface area (Å²) < 4.78 is 2.26. The summed E-state index contributed by atoms with van der Waals surface area (Å²) in [6.45, 7) is 6.01. The Morgan fingerprint density at radius 2 is 1.87 bits per heavy atom. The Balaban J connectivity index is 1.70. The van der Waals surface area contributed by atoms with Crippen molar-refractivity contribution in [3.05, 3.63) is 81.0 Å². The van der Waals surface area contributed by atoms with E-state index in [1.54, 1.807) is 16.5 Å². The highest BCUT2D eigenvalue weighted by Crippen LogP contribution is 2.26. The van der Waals surface area contributed by atoms with Crippen LogP contribution in [0.3, 0.4) is 0 Å². The fourth-order valence-corrected chi connectivity index (χ4v) is 5.14. The predicted octanol–water partition coefficient (Wildman–Crippen LogP) is 5.13. The third-order valence-electron chi connectivity index (χ3n) is 5.13. The molecule has 0 aliphatic carbocycles. The molecule has 5 nitrogen and oxygen atoms in total. The Bertz CT molecular complexity index is 1340. The van der Waals surface area contributed by atoms with Gasteiger partial charge in [0.25, 0.3) is 5.56 Å². The lowest BCUT2D eigenvalue weighted by molar-refractivity contribution is -0.115. The number of thiophene rings is 1. The average Bonchev–Trinajstić information content (AvgIpc) is 3.21. The van der Waals surface area contributed by atoms with Crippen molar-refractivity contribution in [2.75, 3.05) is 17.7 Å². The molecule has 0 radical (unpaired) electrons. The summed E-state index contributed by atoms with van der Waals surface area (Å²) >= 11 is 2.68. The van der Waals surface area contributed by atoms with Gasteiger partial charge in [-0.2, -0.15) is 0 Å². The maximum atomic E-state index is 13.3. The fourth-order valence-electron chi connectivity index (χ4n) is 3.46. The molecule has 0 atom stereocenters. The molecule has 2 aromatic heterocycles. The minimum Gasteiger partial charge on any atom is -0.315 e. The van der Waals surface area contributed by atoms with Crippen LogP contribution in [-0.2, 0) is 4.79 Å². The van der Waals surface area contributed by atoms with E-state index in [0.29, 0.717) is 15.4 Å². The van der Waals surface area contributed by atoms with E-state index in [9.17, 15) is 9.59 Å². The molecule has 1 amide bonds. The maximum Gasteiger partial charge on any atom is 0.276 e. The summed E-state index contributed by atoms with van der Waals surface area (Å²) in [6.07, 6.45) is 0. The van der Waals surface area contributed by atoms with E-state index >= 15 is 0 Å². The van der Waals surface area contributed by atoms with E-state index < -0.39 is 0 Å². The van der Waals surface area contributed by atoms with Crippen molar-refractivity contribution in [1.29, 1.82) is 0 Å². The van der Waals surface area contributed by atoms with Gasteiger partial charge in [-0.15, -0.1) is 11.3 Å². The van der Waals surface area contributed by atoms with Crippen LogP contribution in [0.25, 0.3) is 15.9 Å². The van der Waals surface area contributed by atoms with E-state index in [2.05, 4.69) is 0 Å². The van der Waals surface area contributed by atoms with E-state index in [-0.39, 0.29) is 17.2 Å². The number of nitrogens with zero attached hydrogens (tertiary/aromatic N) is 3. The van der Waals surface area contributed by atoms with E-state index in [1.807, 2.05) is 74.7 Å². The second-order valence-corrected chi connectivity index (χ2v) is 9.40. The lowest BCUT2D eigenvalue weighted by atomic mass is 10.1. The molecule has 0 aliphatic heterocycles. The number of hydrogen-bond donors (Lipinski definition) is 0. The molecule has 2 heterocycles. The maximum absolute atomic E-state index is 13.3. The molecule has 0 bridgehead atoms. The van der Waals surface area contributed by atoms with Crippen molar-refractivity contribution in [2.45, 2.75) is 25.9 Å². The lowest BCUT2D eigenvalue weighted by Crippen LogP contribution is -2.28. The Kier molecular flexibility index (Phi) is 5.98. The third kappa shape index (κ3) is 4.29. The number of aromatic nitrogens is 2. The van der Waals surface area contributed by atoms with Crippen LogP contribution in [0.1, 0.15) is 16.7 Å². The lowest BCUT2D eigenvalue weighted by Gasteiger charge is -2.18. The summed E-state index contributed by atoms with van der Waals surface area (Å²) in [7, 11) is 1.77.